The largest absolute Gasteiger partial charge is 0.497 e. The number of rotatable bonds is 4. The first kappa shape index (κ1) is 19.5. The van der Waals surface area contributed by atoms with Crippen LogP contribution in [0, 0.1) is 0 Å². The van der Waals surface area contributed by atoms with Crippen LogP contribution >= 0.6 is 0 Å². The van der Waals surface area contributed by atoms with Crippen LogP contribution in [0.5, 0.6) is 5.75 Å². The smallest absolute Gasteiger partial charge is 0.262 e. The molecule has 0 bridgehead atoms. The molecule has 1 spiro atoms. The van der Waals surface area contributed by atoms with E-state index in [0.717, 1.165) is 48.5 Å². The molecule has 5 rings (SSSR count). The SMILES string of the molecule is COc1ccc(N2C(=O)c3ccccc3NC23CCC(Nc2ccccc2)CC3)cc1. The number of carbonyl (C=O) groups is 1. The molecular weight excluding hydrogens is 386 g/mol. The maximum atomic E-state index is 13.7. The highest BCUT2D eigenvalue weighted by Gasteiger charge is 2.47. The predicted octanol–water partition coefficient (Wildman–Crippen LogP) is 5.52. The van der Waals surface area contributed by atoms with Crippen molar-refractivity contribution in [2.45, 2.75) is 37.4 Å². The van der Waals surface area contributed by atoms with E-state index >= 15 is 0 Å². The monoisotopic (exact) mass is 413 g/mol. The van der Waals surface area contributed by atoms with Gasteiger partial charge < -0.3 is 15.4 Å². The number of anilines is 3. The van der Waals surface area contributed by atoms with E-state index < -0.39 is 5.66 Å². The first-order valence-corrected chi connectivity index (χ1v) is 10.9. The Labute approximate surface area is 183 Å². The number of hydrogen-bond acceptors (Lipinski definition) is 4. The van der Waals surface area contributed by atoms with Gasteiger partial charge in [0.25, 0.3) is 5.91 Å². The summed E-state index contributed by atoms with van der Waals surface area (Å²) >= 11 is 0. The van der Waals surface area contributed by atoms with Crippen molar-refractivity contribution < 1.29 is 9.53 Å². The molecule has 1 aliphatic heterocycles. The van der Waals surface area contributed by atoms with Crippen LogP contribution in [0.1, 0.15) is 36.0 Å². The molecule has 2 N–H and O–H groups in total. The molecule has 0 unspecified atom stereocenters. The Morgan fingerprint density at radius 2 is 1.61 bits per heavy atom. The second-order valence-corrected chi connectivity index (χ2v) is 8.33. The molecule has 1 heterocycles. The van der Waals surface area contributed by atoms with Crippen molar-refractivity contribution in [1.82, 2.24) is 0 Å². The third-order valence-electron chi connectivity index (χ3n) is 6.44. The van der Waals surface area contributed by atoms with E-state index in [1.807, 2.05) is 59.5 Å². The summed E-state index contributed by atoms with van der Waals surface area (Å²) in [5.74, 6) is 0.834. The van der Waals surface area contributed by atoms with E-state index in [2.05, 4.69) is 34.9 Å². The Balaban J connectivity index is 1.45. The van der Waals surface area contributed by atoms with Crippen molar-refractivity contribution in [2.75, 3.05) is 22.6 Å². The molecule has 5 heteroatoms. The lowest BCUT2D eigenvalue weighted by atomic mass is 9.81. The zero-order valence-corrected chi connectivity index (χ0v) is 17.7. The number of para-hydroxylation sites is 2. The molecule has 0 saturated heterocycles. The quantitative estimate of drug-likeness (QED) is 0.591. The third kappa shape index (κ3) is 3.61. The topological polar surface area (TPSA) is 53.6 Å². The zero-order chi connectivity index (χ0) is 21.3. The minimum Gasteiger partial charge on any atom is -0.497 e. The number of amides is 1. The lowest BCUT2D eigenvalue weighted by molar-refractivity contribution is 0.0936. The van der Waals surface area contributed by atoms with Crippen LogP contribution in [0.3, 0.4) is 0 Å². The third-order valence-corrected chi connectivity index (χ3v) is 6.44. The summed E-state index contributed by atoms with van der Waals surface area (Å²) < 4.78 is 5.32. The maximum Gasteiger partial charge on any atom is 0.262 e. The van der Waals surface area contributed by atoms with Crippen LogP contribution in [0.4, 0.5) is 17.1 Å². The summed E-state index contributed by atoms with van der Waals surface area (Å²) in [6.45, 7) is 0. The number of hydrogen-bond donors (Lipinski definition) is 2. The van der Waals surface area contributed by atoms with Gasteiger partial charge >= 0.3 is 0 Å². The van der Waals surface area contributed by atoms with Crippen LogP contribution in [0.2, 0.25) is 0 Å². The molecular formula is C26H27N3O2. The van der Waals surface area contributed by atoms with Crippen LogP contribution in [-0.4, -0.2) is 24.7 Å². The Hall–Kier alpha value is -3.47. The Morgan fingerprint density at radius 1 is 0.935 bits per heavy atom. The zero-order valence-electron chi connectivity index (χ0n) is 17.7. The molecule has 0 aromatic heterocycles. The van der Waals surface area contributed by atoms with Crippen LogP contribution in [0.25, 0.3) is 0 Å². The van der Waals surface area contributed by atoms with Gasteiger partial charge in [0.2, 0.25) is 0 Å². The Kier molecular flexibility index (Phi) is 5.02. The van der Waals surface area contributed by atoms with Crippen molar-refractivity contribution in [3.05, 3.63) is 84.4 Å². The van der Waals surface area contributed by atoms with Crippen LogP contribution in [0.15, 0.2) is 78.9 Å². The molecule has 3 aromatic rings. The maximum absolute atomic E-state index is 13.7. The fourth-order valence-electron chi connectivity index (χ4n) is 4.85. The summed E-state index contributed by atoms with van der Waals surface area (Å²) in [4.78, 5) is 15.6. The fourth-order valence-corrected chi connectivity index (χ4v) is 4.85. The molecule has 1 saturated carbocycles. The number of methoxy groups -OCH3 is 1. The summed E-state index contributed by atoms with van der Waals surface area (Å²) in [5.41, 5.74) is 3.24. The van der Waals surface area contributed by atoms with Crippen molar-refractivity contribution in [1.29, 1.82) is 0 Å². The summed E-state index contributed by atoms with van der Waals surface area (Å²) in [5, 5.41) is 7.41. The van der Waals surface area contributed by atoms with Gasteiger partial charge in [-0.2, -0.15) is 0 Å². The van der Waals surface area contributed by atoms with Crippen molar-refractivity contribution in [3.8, 4) is 5.75 Å². The molecule has 1 fully saturated rings. The lowest BCUT2D eigenvalue weighted by Crippen LogP contribution is -2.62. The van der Waals surface area contributed by atoms with Gasteiger partial charge in [0.1, 0.15) is 11.4 Å². The minimum absolute atomic E-state index is 0.0500. The molecule has 1 aliphatic carbocycles. The van der Waals surface area contributed by atoms with Crippen molar-refractivity contribution >= 4 is 23.0 Å². The van der Waals surface area contributed by atoms with Gasteiger partial charge in [0.15, 0.2) is 0 Å². The molecule has 158 valence electrons. The Bertz CT molecular complexity index is 1060. The second-order valence-electron chi connectivity index (χ2n) is 8.33. The van der Waals surface area contributed by atoms with Crippen LogP contribution in [-0.2, 0) is 0 Å². The molecule has 3 aromatic carbocycles. The number of benzene rings is 3. The normalized spacial score (nSPS) is 22.5. The fraction of sp³-hybridized carbons (Fsp3) is 0.269. The number of ether oxygens (including phenoxy) is 1. The highest BCUT2D eigenvalue weighted by molar-refractivity contribution is 6.12. The first-order chi connectivity index (χ1) is 15.2. The second kappa shape index (κ2) is 7.99. The summed E-state index contributed by atoms with van der Waals surface area (Å²) in [7, 11) is 1.65. The van der Waals surface area contributed by atoms with E-state index in [9.17, 15) is 4.79 Å². The molecule has 0 radical (unpaired) electrons. The number of carbonyl (C=O) groups excluding carboxylic acids is 1. The number of fused-ring (bicyclic) bond motifs is 1. The van der Waals surface area contributed by atoms with Crippen molar-refractivity contribution in [3.63, 3.8) is 0 Å². The summed E-state index contributed by atoms with van der Waals surface area (Å²) in [6.07, 6.45) is 3.68. The highest BCUT2D eigenvalue weighted by Crippen LogP contribution is 2.43. The molecule has 0 atom stereocenters. The first-order valence-electron chi connectivity index (χ1n) is 10.9. The van der Waals surface area contributed by atoms with Gasteiger partial charge in [-0.3, -0.25) is 9.69 Å². The number of nitrogens with zero attached hydrogens (tertiary/aromatic N) is 1. The van der Waals surface area contributed by atoms with Gasteiger partial charge in [-0.05, 0) is 74.2 Å². The Morgan fingerprint density at radius 3 is 2.32 bits per heavy atom. The van der Waals surface area contributed by atoms with Gasteiger partial charge in [-0.15, -0.1) is 0 Å². The van der Waals surface area contributed by atoms with E-state index in [-0.39, 0.29) is 5.91 Å². The molecule has 31 heavy (non-hydrogen) atoms. The molecule has 5 nitrogen and oxygen atoms in total. The highest BCUT2D eigenvalue weighted by atomic mass is 16.5. The molecule has 1 amide bonds. The summed E-state index contributed by atoms with van der Waals surface area (Å²) in [6, 6.07) is 26.3. The average molecular weight is 414 g/mol. The standard InChI is InChI=1S/C26H27N3O2/c1-31-22-13-11-21(12-14-22)29-25(30)23-9-5-6-10-24(23)28-26(29)17-15-20(16-18-26)27-19-7-3-2-4-8-19/h2-14,20,27-28H,15-18H2,1H3. The van der Waals surface area contributed by atoms with Gasteiger partial charge in [0, 0.05) is 23.1 Å². The van der Waals surface area contributed by atoms with E-state index in [1.165, 1.54) is 0 Å². The van der Waals surface area contributed by atoms with Gasteiger partial charge in [-0.25, -0.2) is 0 Å². The average Bonchev–Trinajstić information content (AvgIpc) is 2.82. The van der Waals surface area contributed by atoms with E-state index in [4.69, 9.17) is 4.74 Å². The van der Waals surface area contributed by atoms with Crippen LogP contribution < -0.4 is 20.3 Å². The predicted molar refractivity (Wildman–Crippen MR) is 125 cm³/mol. The van der Waals surface area contributed by atoms with Gasteiger partial charge in [0.05, 0.1) is 12.7 Å². The minimum atomic E-state index is -0.436. The van der Waals surface area contributed by atoms with Gasteiger partial charge in [-0.1, -0.05) is 30.3 Å². The van der Waals surface area contributed by atoms with E-state index in [1.54, 1.807) is 7.11 Å². The van der Waals surface area contributed by atoms with E-state index in [0.29, 0.717) is 11.6 Å². The molecule has 2 aliphatic rings. The lowest BCUT2D eigenvalue weighted by Gasteiger charge is -2.51. The van der Waals surface area contributed by atoms with Crippen molar-refractivity contribution in [2.24, 2.45) is 0 Å². The number of nitrogens with one attached hydrogen (secondary N) is 2.